The second-order valence-electron chi connectivity index (χ2n) is 10.7. The number of halogens is 5. The van der Waals surface area contributed by atoms with Gasteiger partial charge in [0.15, 0.2) is 23.2 Å². The van der Waals surface area contributed by atoms with E-state index in [1.54, 1.807) is 19.2 Å². The van der Waals surface area contributed by atoms with Crippen LogP contribution in [0.2, 0.25) is 0 Å². The summed E-state index contributed by atoms with van der Waals surface area (Å²) in [6, 6.07) is 14.2. The first-order valence-corrected chi connectivity index (χ1v) is 13.3. The molecule has 0 aliphatic carbocycles. The average Bonchev–Trinajstić information content (AvgIpc) is 2.90. The quantitative estimate of drug-likeness (QED) is 0.226. The number of anilines is 1. The van der Waals surface area contributed by atoms with Gasteiger partial charge in [-0.3, -0.25) is 4.79 Å². The fourth-order valence-corrected chi connectivity index (χ4v) is 5.48. The lowest BCUT2D eigenvalue weighted by Crippen LogP contribution is -2.43. The van der Waals surface area contributed by atoms with E-state index >= 15 is 0 Å². The largest absolute Gasteiger partial charge is 0.454 e. The number of hydrogen-bond acceptors (Lipinski definition) is 4. The second kappa shape index (κ2) is 14.9. The second-order valence-corrected chi connectivity index (χ2v) is 10.7. The van der Waals surface area contributed by atoms with Crippen molar-refractivity contribution >= 4 is 36.4 Å². The predicted octanol–water partition coefficient (Wildman–Crippen LogP) is 7.09. The van der Waals surface area contributed by atoms with E-state index in [9.17, 15) is 18.0 Å². The third kappa shape index (κ3) is 8.16. The van der Waals surface area contributed by atoms with Crippen LogP contribution in [0.1, 0.15) is 43.4 Å². The van der Waals surface area contributed by atoms with Crippen LogP contribution in [0.25, 0.3) is 0 Å². The maximum absolute atomic E-state index is 14.0. The first-order chi connectivity index (χ1) is 18.6. The Bertz CT molecular complexity index is 1320. The maximum atomic E-state index is 14.0. The molecule has 224 valence electrons. The molecule has 0 aromatic heterocycles. The third-order valence-corrected chi connectivity index (χ3v) is 7.57. The van der Waals surface area contributed by atoms with Crippen molar-refractivity contribution in [2.75, 3.05) is 25.5 Å². The van der Waals surface area contributed by atoms with Crippen LogP contribution in [-0.4, -0.2) is 32.1 Å². The van der Waals surface area contributed by atoms with E-state index in [1.807, 2.05) is 32.0 Å². The number of carbonyl (C=O) groups is 1. The zero-order valence-corrected chi connectivity index (χ0v) is 25.3. The molecule has 3 aromatic carbocycles. The van der Waals surface area contributed by atoms with Gasteiger partial charge in [0.1, 0.15) is 5.75 Å². The molecule has 1 heterocycles. The van der Waals surface area contributed by atoms with Crippen LogP contribution < -0.4 is 20.7 Å². The normalized spacial score (nSPS) is 14.9. The van der Waals surface area contributed by atoms with E-state index < -0.39 is 17.5 Å². The molecule has 4 rings (SSSR count). The summed E-state index contributed by atoms with van der Waals surface area (Å²) < 4.78 is 46.3. The number of ether oxygens (including phenoxy) is 1. The SMILES string of the molecule is CN[C@H](C(=O)Nc1ccc(C)c(C2(Cc3ccc(Oc4cc(F)c(F)cc4F)cc3)CCNCC2)c1)C(C)C.Cl.Cl. The third-order valence-electron chi connectivity index (χ3n) is 7.57. The van der Waals surface area contributed by atoms with Crippen LogP contribution >= 0.6 is 24.8 Å². The van der Waals surface area contributed by atoms with Crippen LogP contribution in [0.4, 0.5) is 18.9 Å². The van der Waals surface area contributed by atoms with Crippen LogP contribution in [-0.2, 0) is 16.6 Å². The lowest BCUT2D eigenvalue weighted by atomic mass is 9.68. The number of benzene rings is 3. The summed E-state index contributed by atoms with van der Waals surface area (Å²) in [5, 5.41) is 9.64. The van der Waals surface area contributed by atoms with Crippen molar-refractivity contribution in [2.24, 2.45) is 5.92 Å². The summed E-state index contributed by atoms with van der Waals surface area (Å²) >= 11 is 0. The Labute approximate surface area is 252 Å². The van der Waals surface area contributed by atoms with Crippen molar-refractivity contribution in [3.05, 3.63) is 88.7 Å². The Hall–Kier alpha value is -2.78. The van der Waals surface area contributed by atoms with Gasteiger partial charge in [0, 0.05) is 23.2 Å². The molecule has 0 saturated carbocycles. The summed E-state index contributed by atoms with van der Waals surface area (Å²) in [6.45, 7) is 7.87. The number of piperidine rings is 1. The lowest BCUT2D eigenvalue weighted by Gasteiger charge is -2.40. The summed E-state index contributed by atoms with van der Waals surface area (Å²) in [5.74, 6) is -3.35. The molecule has 1 aliphatic heterocycles. The minimum Gasteiger partial charge on any atom is -0.454 e. The molecule has 0 radical (unpaired) electrons. The Balaban J connectivity index is 0.00000294. The molecule has 1 amide bonds. The summed E-state index contributed by atoms with van der Waals surface area (Å²) in [6.07, 6.45) is 2.61. The Morgan fingerprint density at radius 1 is 0.951 bits per heavy atom. The number of carbonyl (C=O) groups excluding carboxylic acids is 1. The molecule has 1 saturated heterocycles. The number of hydrogen-bond donors (Lipinski definition) is 3. The molecule has 5 nitrogen and oxygen atoms in total. The fraction of sp³-hybridized carbons (Fsp3) is 0.387. The molecular weight excluding hydrogens is 574 g/mol. The molecular formula is C31H38Cl2F3N3O2. The molecule has 0 unspecified atom stereocenters. The Morgan fingerprint density at radius 3 is 2.20 bits per heavy atom. The molecule has 3 aromatic rings. The van der Waals surface area contributed by atoms with Crippen LogP contribution in [0.15, 0.2) is 54.6 Å². The van der Waals surface area contributed by atoms with Gasteiger partial charge in [-0.1, -0.05) is 32.0 Å². The minimum absolute atomic E-state index is 0. The van der Waals surface area contributed by atoms with Gasteiger partial charge in [-0.15, -0.1) is 24.8 Å². The standard InChI is InChI=1S/C31H36F3N3O2.2ClH/c1-19(2)29(35-4)30(38)37-22-8-5-20(3)24(15-22)31(11-13-36-14-12-31)18-21-6-9-23(10-7-21)39-28-17-26(33)25(32)16-27(28)34;;/h5-10,15-17,19,29,35-36H,11-14,18H2,1-4H3,(H,37,38);2*1H/t29-;;/m0../s1. The first-order valence-electron chi connectivity index (χ1n) is 13.3. The zero-order valence-electron chi connectivity index (χ0n) is 23.7. The number of rotatable bonds is 9. The van der Waals surface area contributed by atoms with Gasteiger partial charge in [0.25, 0.3) is 0 Å². The zero-order chi connectivity index (χ0) is 28.2. The van der Waals surface area contributed by atoms with Crippen LogP contribution in [0.3, 0.4) is 0 Å². The maximum Gasteiger partial charge on any atom is 0.241 e. The molecule has 1 atom stereocenters. The van der Waals surface area contributed by atoms with E-state index in [2.05, 4.69) is 35.0 Å². The van der Waals surface area contributed by atoms with Crippen molar-refractivity contribution in [1.29, 1.82) is 0 Å². The van der Waals surface area contributed by atoms with Gasteiger partial charge < -0.3 is 20.7 Å². The molecule has 10 heteroatoms. The predicted molar refractivity (Wildman–Crippen MR) is 162 cm³/mol. The van der Waals surface area contributed by atoms with Crippen molar-refractivity contribution in [3.63, 3.8) is 0 Å². The van der Waals surface area contributed by atoms with E-state index in [4.69, 9.17) is 4.74 Å². The smallest absolute Gasteiger partial charge is 0.241 e. The lowest BCUT2D eigenvalue weighted by molar-refractivity contribution is -0.118. The molecule has 1 aliphatic rings. The van der Waals surface area contributed by atoms with Gasteiger partial charge in [0.05, 0.1) is 6.04 Å². The van der Waals surface area contributed by atoms with Gasteiger partial charge >= 0.3 is 0 Å². The highest BCUT2D eigenvalue weighted by Gasteiger charge is 2.35. The van der Waals surface area contributed by atoms with Crippen molar-refractivity contribution in [3.8, 4) is 11.5 Å². The van der Waals surface area contributed by atoms with Crippen molar-refractivity contribution < 1.29 is 22.7 Å². The average molecular weight is 613 g/mol. The van der Waals surface area contributed by atoms with E-state index in [1.165, 1.54) is 5.56 Å². The number of aryl methyl sites for hydroxylation is 1. The van der Waals surface area contributed by atoms with Gasteiger partial charge in [-0.2, -0.15) is 0 Å². The number of nitrogens with one attached hydrogen (secondary N) is 3. The minimum atomic E-state index is -1.26. The fourth-order valence-electron chi connectivity index (χ4n) is 5.48. The highest BCUT2D eigenvalue weighted by atomic mass is 35.5. The molecule has 41 heavy (non-hydrogen) atoms. The van der Waals surface area contributed by atoms with Gasteiger partial charge in [-0.25, -0.2) is 13.2 Å². The molecule has 0 spiro atoms. The Kier molecular flexibility index (Phi) is 12.5. The van der Waals surface area contributed by atoms with Gasteiger partial charge in [-0.05, 0) is 93.2 Å². The highest BCUT2D eigenvalue weighted by molar-refractivity contribution is 5.95. The van der Waals surface area contributed by atoms with Crippen molar-refractivity contribution in [1.82, 2.24) is 10.6 Å². The van der Waals surface area contributed by atoms with Crippen LogP contribution in [0, 0.1) is 30.3 Å². The van der Waals surface area contributed by atoms with Crippen LogP contribution in [0.5, 0.6) is 11.5 Å². The number of amides is 1. The molecule has 1 fully saturated rings. The van der Waals surface area contributed by atoms with Crippen molar-refractivity contribution in [2.45, 2.75) is 51.5 Å². The first kappa shape index (κ1) is 34.4. The van der Waals surface area contributed by atoms with E-state index in [0.717, 1.165) is 49.2 Å². The highest BCUT2D eigenvalue weighted by Crippen LogP contribution is 2.40. The summed E-state index contributed by atoms with van der Waals surface area (Å²) in [5.41, 5.74) is 4.07. The molecule has 0 bridgehead atoms. The topological polar surface area (TPSA) is 62.4 Å². The van der Waals surface area contributed by atoms with E-state index in [0.29, 0.717) is 17.9 Å². The monoisotopic (exact) mass is 611 g/mol. The van der Waals surface area contributed by atoms with E-state index in [-0.39, 0.29) is 53.8 Å². The Morgan fingerprint density at radius 2 is 1.59 bits per heavy atom. The summed E-state index contributed by atoms with van der Waals surface area (Å²) in [4.78, 5) is 12.9. The summed E-state index contributed by atoms with van der Waals surface area (Å²) in [7, 11) is 1.79. The number of likely N-dealkylation sites (N-methyl/N-ethyl adjacent to an activating group) is 1. The molecule has 3 N–H and O–H groups in total. The van der Waals surface area contributed by atoms with Gasteiger partial charge in [0.2, 0.25) is 5.91 Å².